The predicted octanol–water partition coefficient (Wildman–Crippen LogP) is 2.39. The standard InChI is InChI=1S/C14H26N2O2/c1-14(2,3)18-13(17)16-9-5-7-12(16)11-6-4-8-15-10-11/h11-12,15H,4-10H2,1-3H3. The Morgan fingerprint density at radius 1 is 1.28 bits per heavy atom. The Kier molecular flexibility index (Phi) is 4.15. The lowest BCUT2D eigenvalue weighted by atomic mass is 9.90. The predicted molar refractivity (Wildman–Crippen MR) is 71.6 cm³/mol. The molecule has 0 saturated carbocycles. The van der Waals surface area contributed by atoms with Crippen molar-refractivity contribution in [3.63, 3.8) is 0 Å². The van der Waals surface area contributed by atoms with E-state index in [0.29, 0.717) is 12.0 Å². The number of carbonyl (C=O) groups excluding carboxylic acids is 1. The first-order valence-electron chi connectivity index (χ1n) is 7.18. The maximum absolute atomic E-state index is 12.2. The second-order valence-electron chi connectivity index (χ2n) is 6.49. The highest BCUT2D eigenvalue weighted by atomic mass is 16.6. The fourth-order valence-corrected chi connectivity index (χ4v) is 3.04. The second-order valence-corrected chi connectivity index (χ2v) is 6.49. The molecule has 0 bridgehead atoms. The minimum atomic E-state index is -0.394. The number of piperidine rings is 1. The maximum Gasteiger partial charge on any atom is 0.410 e. The van der Waals surface area contributed by atoms with Crippen LogP contribution >= 0.6 is 0 Å². The van der Waals surface area contributed by atoms with Crippen LogP contribution in [0.25, 0.3) is 0 Å². The SMILES string of the molecule is CC(C)(C)OC(=O)N1CCCC1C1CCCNC1. The topological polar surface area (TPSA) is 41.6 Å². The molecule has 1 amide bonds. The van der Waals surface area contributed by atoms with Crippen LogP contribution in [0.1, 0.15) is 46.5 Å². The zero-order valence-corrected chi connectivity index (χ0v) is 11.9. The second kappa shape index (κ2) is 5.47. The molecule has 2 heterocycles. The first-order valence-corrected chi connectivity index (χ1v) is 7.18. The van der Waals surface area contributed by atoms with Crippen molar-refractivity contribution in [2.75, 3.05) is 19.6 Å². The first-order chi connectivity index (χ1) is 8.47. The van der Waals surface area contributed by atoms with E-state index >= 15 is 0 Å². The van der Waals surface area contributed by atoms with Gasteiger partial charge in [-0.1, -0.05) is 0 Å². The molecular weight excluding hydrogens is 228 g/mol. The highest BCUT2D eigenvalue weighted by Gasteiger charge is 2.37. The lowest BCUT2D eigenvalue weighted by Gasteiger charge is -2.35. The minimum Gasteiger partial charge on any atom is -0.444 e. The molecule has 2 rings (SSSR count). The van der Waals surface area contributed by atoms with E-state index in [1.54, 1.807) is 0 Å². The van der Waals surface area contributed by atoms with Crippen molar-refractivity contribution < 1.29 is 9.53 Å². The van der Waals surface area contributed by atoms with Crippen LogP contribution in [-0.4, -0.2) is 42.3 Å². The van der Waals surface area contributed by atoms with E-state index in [0.717, 1.165) is 32.5 Å². The lowest BCUT2D eigenvalue weighted by Crippen LogP contribution is -2.47. The average molecular weight is 254 g/mol. The third-order valence-corrected chi connectivity index (χ3v) is 3.81. The maximum atomic E-state index is 12.2. The van der Waals surface area contributed by atoms with Gasteiger partial charge in [0.15, 0.2) is 0 Å². The van der Waals surface area contributed by atoms with Crippen LogP contribution in [0.2, 0.25) is 0 Å². The van der Waals surface area contributed by atoms with Crippen molar-refractivity contribution in [2.24, 2.45) is 5.92 Å². The Bertz CT molecular complexity index is 293. The molecule has 0 aromatic heterocycles. The molecule has 2 saturated heterocycles. The van der Waals surface area contributed by atoms with E-state index in [1.807, 2.05) is 25.7 Å². The number of likely N-dealkylation sites (tertiary alicyclic amines) is 1. The average Bonchev–Trinajstić information content (AvgIpc) is 2.76. The van der Waals surface area contributed by atoms with E-state index in [2.05, 4.69) is 5.32 Å². The van der Waals surface area contributed by atoms with Gasteiger partial charge in [-0.3, -0.25) is 0 Å². The van der Waals surface area contributed by atoms with E-state index in [1.165, 1.54) is 12.8 Å². The van der Waals surface area contributed by atoms with Crippen LogP contribution in [0.4, 0.5) is 4.79 Å². The number of hydrogen-bond donors (Lipinski definition) is 1. The summed E-state index contributed by atoms with van der Waals surface area (Å²) in [5.74, 6) is 0.605. The largest absolute Gasteiger partial charge is 0.444 e. The van der Waals surface area contributed by atoms with Crippen molar-refractivity contribution in [3.8, 4) is 0 Å². The van der Waals surface area contributed by atoms with Gasteiger partial charge >= 0.3 is 6.09 Å². The van der Waals surface area contributed by atoms with Gasteiger partial charge < -0.3 is 15.0 Å². The van der Waals surface area contributed by atoms with Crippen LogP contribution in [0, 0.1) is 5.92 Å². The third-order valence-electron chi connectivity index (χ3n) is 3.81. The molecule has 0 radical (unpaired) electrons. The molecule has 2 atom stereocenters. The summed E-state index contributed by atoms with van der Waals surface area (Å²) in [6, 6.07) is 0.382. The van der Waals surface area contributed by atoms with E-state index in [-0.39, 0.29) is 6.09 Å². The van der Waals surface area contributed by atoms with Gasteiger partial charge in [0.05, 0.1) is 0 Å². The van der Waals surface area contributed by atoms with Gasteiger partial charge in [0.25, 0.3) is 0 Å². The minimum absolute atomic E-state index is 0.129. The molecule has 18 heavy (non-hydrogen) atoms. The normalized spacial score (nSPS) is 29.4. The highest BCUT2D eigenvalue weighted by molar-refractivity contribution is 5.69. The Balaban J connectivity index is 1.96. The van der Waals surface area contributed by atoms with Gasteiger partial charge in [-0.2, -0.15) is 0 Å². The highest BCUT2D eigenvalue weighted by Crippen LogP contribution is 2.29. The van der Waals surface area contributed by atoms with Crippen LogP contribution in [0.15, 0.2) is 0 Å². The van der Waals surface area contributed by atoms with Crippen molar-refractivity contribution in [1.82, 2.24) is 10.2 Å². The third kappa shape index (κ3) is 3.37. The number of nitrogens with one attached hydrogen (secondary N) is 1. The summed E-state index contributed by atoms with van der Waals surface area (Å²) in [7, 11) is 0. The fraction of sp³-hybridized carbons (Fsp3) is 0.929. The van der Waals surface area contributed by atoms with Gasteiger partial charge in [-0.05, 0) is 65.5 Å². The molecule has 1 N–H and O–H groups in total. The number of hydrogen-bond acceptors (Lipinski definition) is 3. The first kappa shape index (κ1) is 13.7. The van der Waals surface area contributed by atoms with Crippen LogP contribution in [0.3, 0.4) is 0 Å². The molecule has 4 heteroatoms. The summed E-state index contributed by atoms with van der Waals surface area (Å²) in [4.78, 5) is 14.2. The number of ether oxygens (including phenoxy) is 1. The van der Waals surface area contributed by atoms with E-state index in [4.69, 9.17) is 4.74 Å². The van der Waals surface area contributed by atoms with Crippen molar-refractivity contribution >= 4 is 6.09 Å². The molecule has 104 valence electrons. The molecule has 0 spiro atoms. The Labute approximate surface area is 110 Å². The molecule has 2 unspecified atom stereocenters. The molecule has 2 aliphatic rings. The quantitative estimate of drug-likeness (QED) is 0.781. The summed E-state index contributed by atoms with van der Waals surface area (Å²) in [6.07, 6.45) is 4.57. The number of rotatable bonds is 1. The Morgan fingerprint density at radius 3 is 2.67 bits per heavy atom. The fourth-order valence-electron chi connectivity index (χ4n) is 3.04. The van der Waals surface area contributed by atoms with Crippen molar-refractivity contribution in [1.29, 1.82) is 0 Å². The molecule has 4 nitrogen and oxygen atoms in total. The van der Waals surface area contributed by atoms with Crippen molar-refractivity contribution in [3.05, 3.63) is 0 Å². The van der Waals surface area contributed by atoms with Gasteiger partial charge in [-0.15, -0.1) is 0 Å². The molecule has 2 aliphatic heterocycles. The molecule has 0 aromatic carbocycles. The van der Waals surface area contributed by atoms with E-state index in [9.17, 15) is 4.79 Å². The number of carbonyl (C=O) groups is 1. The van der Waals surface area contributed by atoms with Gasteiger partial charge in [0, 0.05) is 12.6 Å². The van der Waals surface area contributed by atoms with E-state index < -0.39 is 5.60 Å². The molecular formula is C14H26N2O2. The molecule has 0 aliphatic carbocycles. The van der Waals surface area contributed by atoms with Gasteiger partial charge in [0.2, 0.25) is 0 Å². The number of nitrogens with zero attached hydrogens (tertiary/aromatic N) is 1. The smallest absolute Gasteiger partial charge is 0.410 e. The van der Waals surface area contributed by atoms with Crippen LogP contribution < -0.4 is 5.32 Å². The zero-order valence-electron chi connectivity index (χ0n) is 11.9. The lowest BCUT2D eigenvalue weighted by molar-refractivity contribution is 0.0164. The van der Waals surface area contributed by atoms with Crippen LogP contribution in [0.5, 0.6) is 0 Å². The molecule has 0 aromatic rings. The number of amides is 1. The van der Waals surface area contributed by atoms with Crippen molar-refractivity contribution in [2.45, 2.75) is 58.1 Å². The summed E-state index contributed by atoms with van der Waals surface area (Å²) < 4.78 is 5.51. The molecule has 2 fully saturated rings. The van der Waals surface area contributed by atoms with Gasteiger partial charge in [0.1, 0.15) is 5.60 Å². The Morgan fingerprint density at radius 2 is 2.06 bits per heavy atom. The summed E-state index contributed by atoms with van der Waals surface area (Å²) in [6.45, 7) is 8.81. The summed E-state index contributed by atoms with van der Waals surface area (Å²) in [5.41, 5.74) is -0.394. The zero-order chi connectivity index (χ0) is 13.2. The van der Waals surface area contributed by atoms with Gasteiger partial charge in [-0.25, -0.2) is 4.79 Å². The Hall–Kier alpha value is -0.770. The monoisotopic (exact) mass is 254 g/mol. The summed E-state index contributed by atoms with van der Waals surface area (Å²) in [5, 5.41) is 3.44. The summed E-state index contributed by atoms with van der Waals surface area (Å²) >= 11 is 0. The van der Waals surface area contributed by atoms with Crippen LogP contribution in [-0.2, 0) is 4.74 Å².